The smallest absolute Gasteiger partial charge is 0.0970 e. The molecule has 0 amide bonds. The Bertz CT molecular complexity index is 141. The van der Waals surface area contributed by atoms with Crippen LogP contribution in [0.15, 0.2) is 0 Å². The van der Waals surface area contributed by atoms with Gasteiger partial charge in [0.2, 0.25) is 0 Å². The normalized spacial score (nSPS) is 26.1. The molecule has 3 heteroatoms. The van der Waals surface area contributed by atoms with Crippen molar-refractivity contribution in [3.05, 3.63) is 0 Å². The van der Waals surface area contributed by atoms with Gasteiger partial charge in [0.25, 0.3) is 0 Å². The molecule has 1 aliphatic rings. The molecule has 0 aliphatic heterocycles. The first-order chi connectivity index (χ1) is 6.88. The maximum absolute atomic E-state index is 5.26. The van der Waals surface area contributed by atoms with E-state index in [4.69, 9.17) is 9.22 Å². The van der Waals surface area contributed by atoms with Crippen LogP contribution < -0.4 is 0 Å². The third-order valence-corrected chi connectivity index (χ3v) is 3.22. The second-order valence-electron chi connectivity index (χ2n) is 4.06. The summed E-state index contributed by atoms with van der Waals surface area (Å²) in [7, 11) is 0. The predicted molar refractivity (Wildman–Crippen MR) is 61.0 cm³/mol. The van der Waals surface area contributed by atoms with Crippen LogP contribution in [-0.2, 0) is 9.22 Å². The number of hydrogen-bond acceptors (Lipinski definition) is 3. The van der Waals surface area contributed by atoms with Gasteiger partial charge in [-0.1, -0.05) is 32.6 Å². The van der Waals surface area contributed by atoms with E-state index >= 15 is 0 Å². The zero-order valence-corrected chi connectivity index (χ0v) is 10.1. The second kappa shape index (κ2) is 7.55. The summed E-state index contributed by atoms with van der Waals surface area (Å²) >= 11 is 1.29. The van der Waals surface area contributed by atoms with Crippen LogP contribution in [0.25, 0.3) is 0 Å². The molecule has 1 rings (SSSR count). The van der Waals surface area contributed by atoms with Gasteiger partial charge >= 0.3 is 0 Å². The van der Waals surface area contributed by atoms with Gasteiger partial charge in [-0.3, -0.25) is 0 Å². The molecular formula is C11H22O2S. The molecule has 0 spiro atoms. The minimum absolute atomic E-state index is 0.379. The Labute approximate surface area is 91.9 Å². The summed E-state index contributed by atoms with van der Waals surface area (Å²) in [6.07, 6.45) is 11.5. The highest BCUT2D eigenvalue weighted by Crippen LogP contribution is 2.35. The molecule has 1 aliphatic carbocycles. The van der Waals surface area contributed by atoms with Crippen molar-refractivity contribution in [2.45, 2.75) is 58.0 Å². The molecule has 0 bridgehead atoms. The lowest BCUT2D eigenvalue weighted by Gasteiger charge is -2.34. The molecule has 84 valence electrons. The molecule has 2 unspecified atom stereocenters. The Morgan fingerprint density at radius 3 is 2.64 bits per heavy atom. The molecule has 2 atom stereocenters. The Morgan fingerprint density at radius 1 is 1.21 bits per heavy atom. The first-order valence-electron chi connectivity index (χ1n) is 5.74. The van der Waals surface area contributed by atoms with Crippen LogP contribution in [0.3, 0.4) is 0 Å². The van der Waals surface area contributed by atoms with Crippen molar-refractivity contribution < 1.29 is 9.22 Å². The summed E-state index contributed by atoms with van der Waals surface area (Å²) in [4.78, 5) is 5.26. The van der Waals surface area contributed by atoms with Crippen molar-refractivity contribution in [3.8, 4) is 0 Å². The van der Waals surface area contributed by atoms with Gasteiger partial charge in [0.15, 0.2) is 0 Å². The van der Waals surface area contributed by atoms with E-state index in [0.29, 0.717) is 6.10 Å². The van der Waals surface area contributed by atoms with Crippen molar-refractivity contribution in [1.82, 2.24) is 0 Å². The SMILES string of the molecule is CCCCCCC1CCC1OOSC. The molecule has 0 aromatic rings. The van der Waals surface area contributed by atoms with Crippen molar-refractivity contribution in [2.24, 2.45) is 5.92 Å². The topological polar surface area (TPSA) is 18.5 Å². The van der Waals surface area contributed by atoms with E-state index < -0.39 is 0 Å². The monoisotopic (exact) mass is 218 g/mol. The van der Waals surface area contributed by atoms with E-state index in [2.05, 4.69) is 6.92 Å². The van der Waals surface area contributed by atoms with Crippen LogP contribution in [0, 0.1) is 5.92 Å². The third-order valence-electron chi connectivity index (χ3n) is 3.01. The van der Waals surface area contributed by atoms with E-state index in [1.807, 2.05) is 6.26 Å². The van der Waals surface area contributed by atoms with Gasteiger partial charge in [0.1, 0.15) is 0 Å². The molecule has 0 N–H and O–H groups in total. The Morgan fingerprint density at radius 2 is 2.07 bits per heavy atom. The number of unbranched alkanes of at least 4 members (excludes halogenated alkanes) is 3. The zero-order valence-electron chi connectivity index (χ0n) is 9.33. The first kappa shape index (κ1) is 12.3. The van der Waals surface area contributed by atoms with Crippen molar-refractivity contribution in [2.75, 3.05) is 6.26 Å². The largest absolute Gasteiger partial charge is 0.221 e. The van der Waals surface area contributed by atoms with Gasteiger partial charge in [0, 0.05) is 18.3 Å². The molecule has 1 fully saturated rings. The van der Waals surface area contributed by atoms with Crippen molar-refractivity contribution in [1.29, 1.82) is 0 Å². The molecule has 0 radical (unpaired) electrons. The lowest BCUT2D eigenvalue weighted by molar-refractivity contribution is -0.267. The van der Waals surface area contributed by atoms with E-state index in [1.54, 1.807) is 0 Å². The molecule has 0 heterocycles. The molecule has 0 saturated heterocycles. The van der Waals surface area contributed by atoms with Crippen molar-refractivity contribution >= 4 is 12.0 Å². The standard InChI is InChI=1S/C11H22O2S/c1-3-4-5-6-7-10-8-9-11(10)12-13-14-2/h10-11H,3-9H2,1-2H3. The average molecular weight is 218 g/mol. The van der Waals surface area contributed by atoms with Crippen LogP contribution in [0.1, 0.15) is 51.9 Å². The summed E-state index contributed by atoms with van der Waals surface area (Å²) < 4.78 is 4.91. The fourth-order valence-electron chi connectivity index (χ4n) is 1.92. The summed E-state index contributed by atoms with van der Waals surface area (Å²) in [5.74, 6) is 0.763. The van der Waals surface area contributed by atoms with Gasteiger partial charge in [-0.05, 0) is 25.2 Å². The zero-order chi connectivity index (χ0) is 10.2. The lowest BCUT2D eigenvalue weighted by Crippen LogP contribution is -2.33. The lowest BCUT2D eigenvalue weighted by atomic mass is 9.78. The molecule has 0 aromatic carbocycles. The predicted octanol–water partition coefficient (Wildman–Crippen LogP) is 3.96. The second-order valence-corrected chi connectivity index (χ2v) is 4.53. The minimum Gasteiger partial charge on any atom is -0.221 e. The minimum atomic E-state index is 0.379. The number of hydrogen-bond donors (Lipinski definition) is 0. The van der Waals surface area contributed by atoms with E-state index in [0.717, 1.165) is 5.92 Å². The van der Waals surface area contributed by atoms with E-state index in [1.165, 1.54) is 57.0 Å². The maximum atomic E-state index is 5.26. The Kier molecular flexibility index (Phi) is 6.65. The van der Waals surface area contributed by atoms with E-state index in [-0.39, 0.29) is 0 Å². The molecule has 0 aromatic heterocycles. The van der Waals surface area contributed by atoms with Crippen LogP contribution in [0.2, 0.25) is 0 Å². The van der Waals surface area contributed by atoms with Gasteiger partial charge in [-0.2, -0.15) is 4.33 Å². The van der Waals surface area contributed by atoms with Crippen molar-refractivity contribution in [3.63, 3.8) is 0 Å². The summed E-state index contributed by atoms with van der Waals surface area (Å²) in [5.41, 5.74) is 0. The van der Waals surface area contributed by atoms with Crippen LogP contribution in [-0.4, -0.2) is 12.4 Å². The van der Waals surface area contributed by atoms with Crippen LogP contribution >= 0.6 is 12.0 Å². The Balaban J connectivity index is 1.96. The summed E-state index contributed by atoms with van der Waals surface area (Å²) in [5, 5.41) is 0. The highest BCUT2D eigenvalue weighted by Gasteiger charge is 2.32. The molecule has 1 saturated carbocycles. The third kappa shape index (κ3) is 4.20. The summed E-state index contributed by atoms with van der Waals surface area (Å²) in [6, 6.07) is 0. The fourth-order valence-corrected chi connectivity index (χ4v) is 2.10. The highest BCUT2D eigenvalue weighted by atomic mass is 32.2. The number of rotatable bonds is 8. The average Bonchev–Trinajstić information content (AvgIpc) is 2.16. The van der Waals surface area contributed by atoms with Gasteiger partial charge in [-0.25, -0.2) is 4.89 Å². The molecule has 14 heavy (non-hydrogen) atoms. The quantitative estimate of drug-likeness (QED) is 0.266. The van der Waals surface area contributed by atoms with Gasteiger partial charge in [0.05, 0.1) is 6.10 Å². The van der Waals surface area contributed by atoms with Crippen LogP contribution in [0.5, 0.6) is 0 Å². The molecular weight excluding hydrogens is 196 g/mol. The summed E-state index contributed by atoms with van der Waals surface area (Å²) in [6.45, 7) is 2.25. The van der Waals surface area contributed by atoms with Gasteiger partial charge in [-0.15, -0.1) is 0 Å². The van der Waals surface area contributed by atoms with Gasteiger partial charge < -0.3 is 0 Å². The van der Waals surface area contributed by atoms with E-state index in [9.17, 15) is 0 Å². The Hall–Kier alpha value is 0.270. The molecule has 2 nitrogen and oxygen atoms in total. The first-order valence-corrected chi connectivity index (χ1v) is 6.89. The highest BCUT2D eigenvalue weighted by molar-refractivity contribution is 7.93. The fraction of sp³-hybridized carbons (Fsp3) is 1.00. The maximum Gasteiger partial charge on any atom is 0.0970 e. The van der Waals surface area contributed by atoms with Crippen LogP contribution in [0.4, 0.5) is 0 Å².